The Morgan fingerprint density at radius 1 is 1.65 bits per heavy atom. The number of hydrogen-bond donors (Lipinski definition) is 0. The Kier molecular flexibility index (Phi) is 3.97. The molecule has 0 radical (unpaired) electrons. The molecule has 0 spiro atoms. The van der Waals surface area contributed by atoms with Crippen molar-refractivity contribution in [3.8, 4) is 0 Å². The van der Waals surface area contributed by atoms with Crippen molar-refractivity contribution in [1.82, 2.24) is 14.6 Å². The summed E-state index contributed by atoms with van der Waals surface area (Å²) in [5.41, 5.74) is 1.46. The van der Waals surface area contributed by atoms with Crippen molar-refractivity contribution in [2.24, 2.45) is 12.1 Å². The molecule has 0 fully saturated rings. The van der Waals surface area contributed by atoms with Crippen LogP contribution in [0.3, 0.4) is 0 Å². The van der Waals surface area contributed by atoms with E-state index in [1.807, 2.05) is 21.0 Å². The molecule has 1 aromatic rings. The van der Waals surface area contributed by atoms with E-state index in [-0.39, 0.29) is 5.95 Å². The van der Waals surface area contributed by atoms with E-state index in [1.54, 1.807) is 24.2 Å². The lowest BCUT2D eigenvalue weighted by Crippen LogP contribution is -2.04. The van der Waals surface area contributed by atoms with Crippen LogP contribution >= 0.6 is 0 Å². The van der Waals surface area contributed by atoms with Crippen LogP contribution in [0.1, 0.15) is 12.6 Å². The first-order valence-corrected chi connectivity index (χ1v) is 4.98. The molecule has 92 valence electrons. The maximum absolute atomic E-state index is 10.6. The predicted octanol–water partition coefficient (Wildman–Crippen LogP) is 1.28. The van der Waals surface area contributed by atoms with Crippen molar-refractivity contribution in [3.63, 3.8) is 0 Å². The number of nitro groups is 1. The molecule has 7 heteroatoms. The largest absolute Gasteiger partial charge is 0.434 e. The minimum absolute atomic E-state index is 0.174. The van der Waals surface area contributed by atoms with Gasteiger partial charge in [0.2, 0.25) is 0 Å². The number of hydrazone groups is 1. The number of rotatable bonds is 4. The summed E-state index contributed by atoms with van der Waals surface area (Å²) in [4.78, 5) is 13.8. The summed E-state index contributed by atoms with van der Waals surface area (Å²) in [6.07, 6.45) is 4.97. The van der Waals surface area contributed by atoms with Crippen LogP contribution in [0.15, 0.2) is 17.4 Å². The zero-order valence-corrected chi connectivity index (χ0v) is 10.3. The summed E-state index contributed by atoms with van der Waals surface area (Å²) in [5.74, 6) is -0.174. The van der Waals surface area contributed by atoms with Gasteiger partial charge in [0.25, 0.3) is 0 Å². The molecule has 0 N–H and O–H groups in total. The first kappa shape index (κ1) is 12.9. The lowest BCUT2D eigenvalue weighted by molar-refractivity contribution is -0.396. The molecule has 0 aliphatic carbocycles. The van der Waals surface area contributed by atoms with Gasteiger partial charge in [0, 0.05) is 14.1 Å². The van der Waals surface area contributed by atoms with E-state index in [0.29, 0.717) is 5.69 Å². The average molecular weight is 237 g/mol. The van der Waals surface area contributed by atoms with Crippen LogP contribution in [-0.2, 0) is 7.05 Å². The van der Waals surface area contributed by atoms with Gasteiger partial charge in [-0.3, -0.25) is 0 Å². The van der Waals surface area contributed by atoms with Crippen LogP contribution in [0.2, 0.25) is 0 Å². The molecule has 17 heavy (non-hydrogen) atoms. The maximum atomic E-state index is 10.6. The molecule has 0 saturated heterocycles. The summed E-state index contributed by atoms with van der Waals surface area (Å²) in [6, 6.07) is 0. The molecule has 0 saturated carbocycles. The topological polar surface area (TPSA) is 76.6 Å². The summed E-state index contributed by atoms with van der Waals surface area (Å²) in [5, 5.41) is 16.4. The fraction of sp³-hybridized carbons (Fsp3) is 0.400. The Hall–Kier alpha value is -2.18. The first-order valence-electron chi connectivity index (χ1n) is 4.98. The standard InChI is InChI=1S/C10H15N5O2/c1-8(12-13(2)3)5-6-9-7-11-10(14(9)4)15(16)17/h5-7H,1-4H3/b6-5+,12-8+. The molecule has 0 bridgehead atoms. The van der Waals surface area contributed by atoms with Gasteiger partial charge in [-0.2, -0.15) is 5.10 Å². The van der Waals surface area contributed by atoms with Crippen LogP contribution < -0.4 is 0 Å². The van der Waals surface area contributed by atoms with Crippen molar-refractivity contribution >= 4 is 17.7 Å². The molecule has 1 rings (SSSR count). The predicted molar refractivity (Wildman–Crippen MR) is 65.7 cm³/mol. The third-order valence-corrected chi connectivity index (χ3v) is 2.02. The number of hydrogen-bond acceptors (Lipinski definition) is 5. The highest BCUT2D eigenvalue weighted by Gasteiger charge is 2.14. The number of imidazole rings is 1. The molecule has 0 atom stereocenters. The molecule has 0 aliphatic heterocycles. The minimum Gasteiger partial charge on any atom is -0.390 e. The highest BCUT2D eigenvalue weighted by molar-refractivity contribution is 5.95. The summed E-state index contributed by atoms with van der Waals surface area (Å²) < 4.78 is 1.42. The lowest BCUT2D eigenvalue weighted by atomic mass is 10.3. The molecule has 0 aromatic carbocycles. The SMILES string of the molecule is CC(/C=C/c1cnc([N+](=O)[O-])n1C)=N\N(C)C. The molecule has 7 nitrogen and oxygen atoms in total. The third kappa shape index (κ3) is 3.40. The van der Waals surface area contributed by atoms with E-state index in [1.165, 1.54) is 10.8 Å². The quantitative estimate of drug-likeness (QED) is 0.449. The van der Waals surface area contributed by atoms with E-state index in [2.05, 4.69) is 10.1 Å². The van der Waals surface area contributed by atoms with E-state index in [4.69, 9.17) is 0 Å². The zero-order valence-electron chi connectivity index (χ0n) is 10.3. The van der Waals surface area contributed by atoms with Crippen LogP contribution in [0.25, 0.3) is 6.08 Å². The second-order valence-electron chi connectivity index (χ2n) is 3.72. The van der Waals surface area contributed by atoms with Gasteiger partial charge in [-0.05, 0) is 24.0 Å². The monoisotopic (exact) mass is 237 g/mol. The molecule has 0 amide bonds. The lowest BCUT2D eigenvalue weighted by Gasteiger charge is -2.03. The van der Waals surface area contributed by atoms with Gasteiger partial charge in [-0.15, -0.1) is 0 Å². The Bertz CT molecular complexity index is 473. The van der Waals surface area contributed by atoms with Gasteiger partial charge in [-0.25, -0.2) is 4.57 Å². The Balaban J connectivity index is 2.90. The van der Waals surface area contributed by atoms with Gasteiger partial charge < -0.3 is 15.1 Å². The fourth-order valence-electron chi connectivity index (χ4n) is 1.29. The molecule has 1 heterocycles. The average Bonchev–Trinajstić information content (AvgIpc) is 2.55. The van der Waals surface area contributed by atoms with Crippen molar-refractivity contribution < 1.29 is 4.92 Å². The molecule has 0 unspecified atom stereocenters. The van der Waals surface area contributed by atoms with Gasteiger partial charge in [0.1, 0.15) is 11.9 Å². The molecular weight excluding hydrogens is 222 g/mol. The van der Waals surface area contributed by atoms with E-state index in [9.17, 15) is 10.1 Å². The number of aromatic nitrogens is 2. The minimum atomic E-state index is -0.516. The number of allylic oxidation sites excluding steroid dienone is 1. The molecule has 1 aromatic heterocycles. The highest BCUT2D eigenvalue weighted by atomic mass is 16.6. The smallest absolute Gasteiger partial charge is 0.390 e. The van der Waals surface area contributed by atoms with Crippen LogP contribution in [0.5, 0.6) is 0 Å². The van der Waals surface area contributed by atoms with Gasteiger partial charge in [0.05, 0.1) is 12.8 Å². The number of nitrogens with zero attached hydrogens (tertiary/aromatic N) is 5. The second kappa shape index (κ2) is 5.24. The maximum Gasteiger partial charge on any atom is 0.434 e. The van der Waals surface area contributed by atoms with Crippen molar-refractivity contribution in [1.29, 1.82) is 0 Å². The van der Waals surface area contributed by atoms with Gasteiger partial charge >= 0.3 is 5.95 Å². The summed E-state index contributed by atoms with van der Waals surface area (Å²) in [7, 11) is 5.25. The van der Waals surface area contributed by atoms with Crippen molar-refractivity contribution in [2.75, 3.05) is 14.1 Å². The fourth-order valence-corrected chi connectivity index (χ4v) is 1.29. The zero-order chi connectivity index (χ0) is 13.0. The van der Waals surface area contributed by atoms with Gasteiger partial charge in [0.15, 0.2) is 0 Å². The molecule has 0 aliphatic rings. The first-order chi connectivity index (χ1) is 7.91. The normalized spacial score (nSPS) is 12.1. The van der Waals surface area contributed by atoms with Crippen molar-refractivity contribution in [2.45, 2.75) is 6.92 Å². The van der Waals surface area contributed by atoms with Gasteiger partial charge in [-0.1, -0.05) is 4.98 Å². The summed E-state index contributed by atoms with van der Waals surface area (Å²) in [6.45, 7) is 1.85. The summed E-state index contributed by atoms with van der Waals surface area (Å²) >= 11 is 0. The Labute approximate surface area is 99.2 Å². The highest BCUT2D eigenvalue weighted by Crippen LogP contribution is 2.11. The van der Waals surface area contributed by atoms with Crippen LogP contribution in [-0.4, -0.2) is 39.3 Å². The van der Waals surface area contributed by atoms with Crippen molar-refractivity contribution in [3.05, 3.63) is 28.1 Å². The second-order valence-corrected chi connectivity index (χ2v) is 3.72. The molecular formula is C10H15N5O2. The Morgan fingerprint density at radius 3 is 2.76 bits per heavy atom. The van der Waals surface area contributed by atoms with E-state index in [0.717, 1.165) is 5.71 Å². The van der Waals surface area contributed by atoms with Crippen LogP contribution in [0.4, 0.5) is 5.95 Å². The third-order valence-electron chi connectivity index (χ3n) is 2.02. The van der Waals surface area contributed by atoms with Crippen LogP contribution in [0, 0.1) is 10.1 Å². The van der Waals surface area contributed by atoms with E-state index < -0.39 is 4.92 Å². The van der Waals surface area contributed by atoms with E-state index >= 15 is 0 Å². The Morgan fingerprint density at radius 2 is 2.29 bits per heavy atom.